The lowest BCUT2D eigenvalue weighted by Gasteiger charge is -2.32. The molecule has 1 aromatic rings. The topological polar surface area (TPSA) is 56.1 Å². The molecule has 2 rings (SSSR count). The van der Waals surface area contributed by atoms with Crippen LogP contribution in [0.1, 0.15) is 18.4 Å². The number of piperidine rings is 1. The van der Waals surface area contributed by atoms with Gasteiger partial charge in [0.15, 0.2) is 0 Å². The number of carbonyl (C=O) groups is 1. The number of nitriles is 1. The first-order chi connectivity index (χ1) is 8.67. The number of anilines is 1. The van der Waals surface area contributed by atoms with Gasteiger partial charge in [0, 0.05) is 11.0 Å². The van der Waals surface area contributed by atoms with E-state index in [9.17, 15) is 4.79 Å². The first-order valence-corrected chi connectivity index (χ1v) is 6.65. The molecule has 1 amide bonds. The number of halogens is 1. The molecule has 0 aliphatic carbocycles. The minimum Gasteiger partial charge on any atom is -0.310 e. The van der Waals surface area contributed by atoms with Crippen LogP contribution in [0.4, 0.5) is 5.69 Å². The fourth-order valence-corrected chi connectivity index (χ4v) is 2.58. The zero-order valence-electron chi connectivity index (χ0n) is 10.1. The normalized spacial score (nSPS) is 19.7. The summed E-state index contributed by atoms with van der Waals surface area (Å²) in [5, 5.41) is 12.2. The van der Waals surface area contributed by atoms with Gasteiger partial charge in [-0.15, -0.1) is 0 Å². The van der Waals surface area contributed by atoms with Crippen molar-refractivity contribution in [2.75, 3.05) is 18.5 Å². The summed E-state index contributed by atoms with van der Waals surface area (Å²) in [5.41, 5.74) is 1.22. The predicted molar refractivity (Wildman–Crippen MR) is 73.3 cm³/mol. The van der Waals surface area contributed by atoms with Crippen LogP contribution >= 0.6 is 15.9 Å². The second-order valence-electron chi connectivity index (χ2n) is 4.25. The molecule has 0 bridgehead atoms. The fourth-order valence-electron chi connectivity index (χ4n) is 2.22. The minimum atomic E-state index is -0.145. The van der Waals surface area contributed by atoms with Crippen LogP contribution in [0.25, 0.3) is 0 Å². The van der Waals surface area contributed by atoms with Gasteiger partial charge >= 0.3 is 0 Å². The average molecular weight is 308 g/mol. The van der Waals surface area contributed by atoms with E-state index in [1.807, 2.05) is 12.1 Å². The second-order valence-corrected chi connectivity index (χ2v) is 5.16. The summed E-state index contributed by atoms with van der Waals surface area (Å²) in [4.78, 5) is 14.0. The van der Waals surface area contributed by atoms with Gasteiger partial charge in [0.25, 0.3) is 0 Å². The van der Waals surface area contributed by atoms with Gasteiger partial charge in [0.1, 0.15) is 6.07 Å². The Hall–Kier alpha value is -1.38. The Morgan fingerprint density at radius 1 is 1.56 bits per heavy atom. The first-order valence-electron chi connectivity index (χ1n) is 5.85. The molecule has 0 spiro atoms. The summed E-state index contributed by atoms with van der Waals surface area (Å²) < 4.78 is 0.845. The largest absolute Gasteiger partial charge is 0.310 e. The van der Waals surface area contributed by atoms with Gasteiger partial charge in [-0.3, -0.25) is 4.79 Å². The standard InChI is InChI=1S/C13H14BrN3O/c1-16-11-3-2-6-17(13(11)18)12-5-4-10(14)7-9(12)8-15/h4-5,7,11,16H,2-3,6H2,1H3. The number of carbonyl (C=O) groups excluding carboxylic acids is 1. The van der Waals surface area contributed by atoms with E-state index in [0.29, 0.717) is 17.8 Å². The van der Waals surface area contributed by atoms with Crippen molar-refractivity contribution in [3.8, 4) is 6.07 Å². The van der Waals surface area contributed by atoms with Crippen molar-refractivity contribution in [2.24, 2.45) is 0 Å². The van der Waals surface area contributed by atoms with E-state index in [4.69, 9.17) is 5.26 Å². The molecule has 1 fully saturated rings. The molecule has 1 heterocycles. The maximum atomic E-state index is 12.3. The number of likely N-dealkylation sites (N-methyl/N-ethyl adjacent to an activating group) is 1. The van der Waals surface area contributed by atoms with Crippen molar-refractivity contribution in [1.29, 1.82) is 5.26 Å². The Morgan fingerprint density at radius 2 is 2.33 bits per heavy atom. The van der Waals surface area contributed by atoms with Crippen LogP contribution in [0, 0.1) is 11.3 Å². The molecule has 0 radical (unpaired) electrons. The molecule has 1 atom stereocenters. The van der Waals surface area contributed by atoms with Gasteiger partial charge in [-0.1, -0.05) is 15.9 Å². The molecule has 1 saturated heterocycles. The predicted octanol–water partition coefficient (Wildman–Crippen LogP) is 2.04. The van der Waals surface area contributed by atoms with Crippen LogP contribution < -0.4 is 10.2 Å². The van der Waals surface area contributed by atoms with Gasteiger partial charge in [-0.25, -0.2) is 0 Å². The highest BCUT2D eigenvalue weighted by Gasteiger charge is 2.29. The number of benzene rings is 1. The van der Waals surface area contributed by atoms with Crippen LogP contribution in [0.3, 0.4) is 0 Å². The van der Waals surface area contributed by atoms with E-state index >= 15 is 0 Å². The summed E-state index contributed by atoms with van der Waals surface area (Å²) in [5.74, 6) is 0.0440. The van der Waals surface area contributed by atoms with Gasteiger partial charge in [0.2, 0.25) is 5.91 Å². The maximum Gasteiger partial charge on any atom is 0.244 e. The van der Waals surface area contributed by atoms with E-state index in [1.54, 1.807) is 18.0 Å². The molecule has 1 N–H and O–H groups in total. The Morgan fingerprint density at radius 3 is 3.00 bits per heavy atom. The highest BCUT2D eigenvalue weighted by molar-refractivity contribution is 9.10. The zero-order chi connectivity index (χ0) is 13.1. The molecular formula is C13H14BrN3O. The van der Waals surface area contributed by atoms with Gasteiger partial charge in [-0.05, 0) is 38.1 Å². The van der Waals surface area contributed by atoms with Crippen LogP contribution in [-0.2, 0) is 4.79 Å². The van der Waals surface area contributed by atoms with Crippen molar-refractivity contribution < 1.29 is 4.79 Å². The fraction of sp³-hybridized carbons (Fsp3) is 0.385. The van der Waals surface area contributed by atoms with Gasteiger partial charge < -0.3 is 10.2 Å². The molecule has 1 aromatic carbocycles. The van der Waals surface area contributed by atoms with Crippen LogP contribution in [0.5, 0.6) is 0 Å². The minimum absolute atomic E-state index is 0.0440. The Balaban J connectivity index is 2.36. The average Bonchev–Trinajstić information content (AvgIpc) is 2.39. The van der Waals surface area contributed by atoms with Gasteiger partial charge in [0.05, 0.1) is 17.3 Å². The summed E-state index contributed by atoms with van der Waals surface area (Å²) in [6.07, 6.45) is 1.79. The van der Waals surface area contributed by atoms with Crippen LogP contribution in [-0.4, -0.2) is 25.5 Å². The van der Waals surface area contributed by atoms with Crippen LogP contribution in [0.2, 0.25) is 0 Å². The van der Waals surface area contributed by atoms with Crippen molar-refractivity contribution in [1.82, 2.24) is 5.32 Å². The third-order valence-electron chi connectivity index (χ3n) is 3.16. The van der Waals surface area contributed by atoms with E-state index in [1.165, 1.54) is 0 Å². The highest BCUT2D eigenvalue weighted by Crippen LogP contribution is 2.27. The molecule has 1 aliphatic heterocycles. The van der Waals surface area contributed by atoms with Crippen molar-refractivity contribution in [2.45, 2.75) is 18.9 Å². The summed E-state index contributed by atoms with van der Waals surface area (Å²) in [7, 11) is 1.79. The molecular weight excluding hydrogens is 294 g/mol. The lowest BCUT2D eigenvalue weighted by Crippen LogP contribution is -2.50. The maximum absolute atomic E-state index is 12.3. The van der Waals surface area contributed by atoms with E-state index < -0.39 is 0 Å². The molecule has 1 unspecified atom stereocenters. The quantitative estimate of drug-likeness (QED) is 0.909. The lowest BCUT2D eigenvalue weighted by molar-refractivity contribution is -0.121. The Kier molecular flexibility index (Phi) is 4.00. The summed E-state index contributed by atoms with van der Waals surface area (Å²) in [6.45, 7) is 0.674. The molecule has 0 aromatic heterocycles. The summed E-state index contributed by atoms with van der Waals surface area (Å²) in [6, 6.07) is 7.41. The van der Waals surface area contributed by atoms with E-state index in [-0.39, 0.29) is 11.9 Å². The molecule has 94 valence electrons. The Labute approximate surface area is 115 Å². The van der Waals surface area contributed by atoms with E-state index in [0.717, 1.165) is 17.3 Å². The molecule has 1 aliphatic rings. The van der Waals surface area contributed by atoms with E-state index in [2.05, 4.69) is 27.3 Å². The SMILES string of the molecule is CNC1CCCN(c2ccc(Br)cc2C#N)C1=O. The zero-order valence-corrected chi connectivity index (χ0v) is 11.7. The number of nitrogens with one attached hydrogen (secondary N) is 1. The number of rotatable bonds is 2. The Bertz CT molecular complexity index is 509. The third-order valence-corrected chi connectivity index (χ3v) is 3.65. The molecule has 0 saturated carbocycles. The van der Waals surface area contributed by atoms with Crippen LogP contribution in [0.15, 0.2) is 22.7 Å². The lowest BCUT2D eigenvalue weighted by atomic mass is 10.0. The monoisotopic (exact) mass is 307 g/mol. The second kappa shape index (κ2) is 5.51. The summed E-state index contributed by atoms with van der Waals surface area (Å²) >= 11 is 3.33. The molecule has 4 nitrogen and oxygen atoms in total. The smallest absolute Gasteiger partial charge is 0.244 e. The number of hydrogen-bond donors (Lipinski definition) is 1. The number of hydrogen-bond acceptors (Lipinski definition) is 3. The van der Waals surface area contributed by atoms with Crippen molar-refractivity contribution >= 4 is 27.5 Å². The third kappa shape index (κ3) is 2.40. The van der Waals surface area contributed by atoms with Crippen molar-refractivity contribution in [3.63, 3.8) is 0 Å². The van der Waals surface area contributed by atoms with Crippen molar-refractivity contribution in [3.05, 3.63) is 28.2 Å². The highest BCUT2D eigenvalue weighted by atomic mass is 79.9. The number of nitrogens with zero attached hydrogens (tertiary/aromatic N) is 2. The first kappa shape index (κ1) is 13.1. The molecule has 18 heavy (non-hydrogen) atoms. The number of amides is 1. The van der Waals surface area contributed by atoms with Gasteiger partial charge in [-0.2, -0.15) is 5.26 Å². The molecule has 5 heteroatoms.